The van der Waals surface area contributed by atoms with Gasteiger partial charge in [0.15, 0.2) is 0 Å². The molecule has 0 fully saturated rings. The minimum Gasteiger partial charge on any atom is -0.392 e. The number of aliphatic hydroxyl groups excluding tert-OH is 1. The maximum atomic E-state index is 12.1. The lowest BCUT2D eigenvalue weighted by Crippen LogP contribution is -2.45. The summed E-state index contributed by atoms with van der Waals surface area (Å²) in [6.45, 7) is 5.49. The fourth-order valence-corrected chi connectivity index (χ4v) is 5.07. The summed E-state index contributed by atoms with van der Waals surface area (Å²) in [5, 5.41) is 9.70. The van der Waals surface area contributed by atoms with Gasteiger partial charge in [-0.05, 0) is 40.9 Å². The van der Waals surface area contributed by atoms with Crippen LogP contribution in [-0.4, -0.2) is 25.7 Å². The van der Waals surface area contributed by atoms with Gasteiger partial charge in [-0.25, -0.2) is 13.1 Å². The minimum atomic E-state index is -3.56. The number of hydrogen-bond donors (Lipinski definition) is 2. The molecule has 0 bridgehead atoms. The van der Waals surface area contributed by atoms with E-state index in [2.05, 4.69) is 20.7 Å². The van der Waals surface area contributed by atoms with Crippen molar-refractivity contribution in [1.29, 1.82) is 0 Å². The maximum Gasteiger partial charge on any atom is 0.250 e. The topological polar surface area (TPSA) is 66.4 Å². The number of halogens is 1. The van der Waals surface area contributed by atoms with E-state index in [1.807, 2.05) is 13.8 Å². The Balaban J connectivity index is 2.93. The summed E-state index contributed by atoms with van der Waals surface area (Å²) in [6.07, 6.45) is 0.0739. The van der Waals surface area contributed by atoms with Gasteiger partial charge in [0.05, 0.1) is 15.9 Å². The molecule has 7 heteroatoms. The maximum absolute atomic E-state index is 12.1. The molecule has 0 spiro atoms. The Labute approximate surface area is 121 Å². The van der Waals surface area contributed by atoms with Crippen molar-refractivity contribution in [3.63, 3.8) is 0 Å². The molecule has 104 valence electrons. The number of rotatable bonds is 6. The van der Waals surface area contributed by atoms with E-state index in [4.69, 9.17) is 0 Å². The molecule has 1 heterocycles. The lowest BCUT2D eigenvalue weighted by atomic mass is 9.96. The van der Waals surface area contributed by atoms with Gasteiger partial charge in [0.2, 0.25) is 10.0 Å². The largest absolute Gasteiger partial charge is 0.392 e. The van der Waals surface area contributed by atoms with Crippen LogP contribution in [0, 0.1) is 5.92 Å². The summed E-state index contributed by atoms with van der Waals surface area (Å²) in [5.41, 5.74) is 0. The van der Waals surface area contributed by atoms with Crippen LogP contribution in [0.4, 0.5) is 0 Å². The summed E-state index contributed by atoms with van der Waals surface area (Å²) in [4.78, 5) is 0. The number of aliphatic hydroxyl groups is 1. The molecule has 0 aliphatic rings. The Morgan fingerprint density at radius 1 is 1.44 bits per heavy atom. The Kier molecular flexibility index (Phi) is 5.79. The van der Waals surface area contributed by atoms with Crippen molar-refractivity contribution >= 4 is 37.3 Å². The molecular formula is C11H18BrNO3S2. The van der Waals surface area contributed by atoms with E-state index in [1.165, 1.54) is 0 Å². The van der Waals surface area contributed by atoms with Crippen LogP contribution in [0.3, 0.4) is 0 Å². The summed E-state index contributed by atoms with van der Waals surface area (Å²) in [6, 6.07) is 2.77. The van der Waals surface area contributed by atoms with Crippen LogP contribution in [0.25, 0.3) is 0 Å². The van der Waals surface area contributed by atoms with Crippen LogP contribution in [-0.2, 0) is 10.0 Å². The molecule has 1 aromatic heterocycles. The molecule has 1 aromatic rings. The Morgan fingerprint density at radius 2 is 2.06 bits per heavy atom. The molecule has 0 saturated carbocycles. The van der Waals surface area contributed by atoms with Gasteiger partial charge in [-0.2, -0.15) is 0 Å². The highest BCUT2D eigenvalue weighted by molar-refractivity contribution is 9.11. The second-order valence-electron chi connectivity index (χ2n) is 4.33. The highest BCUT2D eigenvalue weighted by Gasteiger charge is 2.28. The van der Waals surface area contributed by atoms with E-state index < -0.39 is 22.2 Å². The first-order chi connectivity index (χ1) is 8.27. The monoisotopic (exact) mass is 355 g/mol. The Bertz CT molecular complexity index is 484. The molecule has 0 aliphatic heterocycles. The fraction of sp³-hybridized carbons (Fsp3) is 0.636. The molecule has 0 radical (unpaired) electrons. The van der Waals surface area contributed by atoms with Gasteiger partial charge in [0.1, 0.15) is 4.21 Å². The third-order valence-corrected chi connectivity index (χ3v) is 6.46. The molecule has 0 amide bonds. The lowest BCUT2D eigenvalue weighted by molar-refractivity contribution is 0.128. The predicted octanol–water partition coefficient (Wildman–Crippen LogP) is 2.58. The molecule has 0 aromatic carbocycles. The minimum absolute atomic E-state index is 0.0724. The van der Waals surface area contributed by atoms with Gasteiger partial charge in [0, 0.05) is 0 Å². The van der Waals surface area contributed by atoms with Crippen LogP contribution in [0.2, 0.25) is 0 Å². The lowest BCUT2D eigenvalue weighted by Gasteiger charge is -2.26. The highest BCUT2D eigenvalue weighted by atomic mass is 79.9. The van der Waals surface area contributed by atoms with Crippen LogP contribution in [0.5, 0.6) is 0 Å². The first-order valence-corrected chi connectivity index (χ1v) is 8.83. The smallest absolute Gasteiger partial charge is 0.250 e. The number of hydrogen-bond acceptors (Lipinski definition) is 4. The summed E-state index contributed by atoms with van der Waals surface area (Å²) >= 11 is 4.39. The van der Waals surface area contributed by atoms with Crippen molar-refractivity contribution in [2.75, 3.05) is 0 Å². The molecule has 0 aliphatic carbocycles. The summed E-state index contributed by atoms with van der Waals surface area (Å²) in [7, 11) is -3.56. The number of thiophene rings is 1. The van der Waals surface area contributed by atoms with Crippen molar-refractivity contribution in [3.05, 3.63) is 15.9 Å². The third-order valence-electron chi connectivity index (χ3n) is 2.88. The van der Waals surface area contributed by atoms with Crippen molar-refractivity contribution in [1.82, 2.24) is 4.72 Å². The second kappa shape index (κ2) is 6.47. The zero-order valence-electron chi connectivity index (χ0n) is 10.6. The van der Waals surface area contributed by atoms with Crippen LogP contribution in [0.1, 0.15) is 27.2 Å². The van der Waals surface area contributed by atoms with Gasteiger partial charge in [0.25, 0.3) is 0 Å². The van der Waals surface area contributed by atoms with Crippen molar-refractivity contribution in [2.24, 2.45) is 5.92 Å². The van der Waals surface area contributed by atoms with Crippen LogP contribution >= 0.6 is 27.3 Å². The van der Waals surface area contributed by atoms with Gasteiger partial charge in [-0.3, -0.25) is 0 Å². The van der Waals surface area contributed by atoms with Crippen molar-refractivity contribution in [2.45, 2.75) is 43.5 Å². The second-order valence-corrected chi connectivity index (χ2v) is 8.74. The SMILES string of the molecule is CC[C@H](C)[C@H](NS(=O)(=O)c1ccc(Br)s1)[C@H](C)O. The Hall–Kier alpha value is 0.0500. The quantitative estimate of drug-likeness (QED) is 0.823. The summed E-state index contributed by atoms with van der Waals surface area (Å²) < 4.78 is 27.9. The molecule has 1 rings (SSSR count). The van der Waals surface area contributed by atoms with Gasteiger partial charge in [-0.1, -0.05) is 20.3 Å². The first-order valence-electron chi connectivity index (χ1n) is 5.73. The van der Waals surface area contributed by atoms with Gasteiger partial charge in [-0.15, -0.1) is 11.3 Å². The Morgan fingerprint density at radius 3 is 2.44 bits per heavy atom. The molecule has 3 atom stereocenters. The van der Waals surface area contributed by atoms with E-state index in [9.17, 15) is 13.5 Å². The van der Waals surface area contributed by atoms with E-state index in [-0.39, 0.29) is 10.1 Å². The van der Waals surface area contributed by atoms with Crippen LogP contribution < -0.4 is 4.72 Å². The summed E-state index contributed by atoms with van der Waals surface area (Å²) in [5.74, 6) is 0.0724. The zero-order valence-corrected chi connectivity index (χ0v) is 13.8. The molecule has 18 heavy (non-hydrogen) atoms. The molecule has 0 unspecified atom stereocenters. The van der Waals surface area contributed by atoms with Gasteiger partial charge < -0.3 is 5.11 Å². The van der Waals surface area contributed by atoms with Crippen LogP contribution in [0.15, 0.2) is 20.1 Å². The predicted molar refractivity (Wildman–Crippen MR) is 77.3 cm³/mol. The molecular weight excluding hydrogens is 338 g/mol. The standard InChI is InChI=1S/C11H18BrNO3S2/c1-4-7(2)11(8(3)14)13-18(15,16)10-6-5-9(12)17-10/h5-8,11,13-14H,4H2,1-3H3/t7-,8-,11-/m0/s1. The van der Waals surface area contributed by atoms with E-state index in [0.717, 1.165) is 21.5 Å². The van der Waals surface area contributed by atoms with Crippen molar-refractivity contribution in [3.8, 4) is 0 Å². The average Bonchev–Trinajstić information content (AvgIpc) is 2.72. The van der Waals surface area contributed by atoms with Gasteiger partial charge >= 0.3 is 0 Å². The van der Waals surface area contributed by atoms with E-state index >= 15 is 0 Å². The normalized spacial score (nSPS) is 17.4. The fourth-order valence-electron chi connectivity index (χ4n) is 1.62. The average molecular weight is 356 g/mol. The third kappa shape index (κ3) is 4.03. The number of nitrogens with one attached hydrogen (secondary N) is 1. The zero-order chi connectivity index (χ0) is 13.9. The number of sulfonamides is 1. The molecule has 2 N–H and O–H groups in total. The van der Waals surface area contributed by atoms with E-state index in [0.29, 0.717) is 0 Å². The molecule has 0 saturated heterocycles. The molecule has 4 nitrogen and oxygen atoms in total. The first kappa shape index (κ1) is 16.1. The highest BCUT2D eigenvalue weighted by Crippen LogP contribution is 2.26. The van der Waals surface area contributed by atoms with E-state index in [1.54, 1.807) is 19.1 Å². The van der Waals surface area contributed by atoms with Crippen molar-refractivity contribution < 1.29 is 13.5 Å².